The Morgan fingerprint density at radius 1 is 1.07 bits per heavy atom. The van der Waals surface area contributed by atoms with E-state index in [9.17, 15) is 14.4 Å². The molecule has 144 valence electrons. The van der Waals surface area contributed by atoms with Crippen LogP contribution in [-0.4, -0.2) is 35.4 Å². The number of carbonyl (C=O) groups excluding carboxylic acids is 3. The molecule has 0 aliphatic heterocycles. The van der Waals surface area contributed by atoms with E-state index in [4.69, 9.17) is 9.47 Å². The van der Waals surface area contributed by atoms with E-state index in [1.54, 1.807) is 26.8 Å². The van der Waals surface area contributed by atoms with Crippen molar-refractivity contribution in [2.75, 3.05) is 6.61 Å². The number of esters is 2. The van der Waals surface area contributed by atoms with Gasteiger partial charge in [-0.1, -0.05) is 17.7 Å². The lowest BCUT2D eigenvalue weighted by atomic mass is 10.0. The lowest BCUT2D eigenvalue weighted by Gasteiger charge is -2.14. The van der Waals surface area contributed by atoms with E-state index >= 15 is 0 Å². The first-order chi connectivity index (χ1) is 12.7. The molecule has 0 amide bonds. The minimum atomic E-state index is -0.996. The molecule has 0 unspecified atom stereocenters. The molecular weight excluding hydrogens is 346 g/mol. The number of ether oxygens (including phenoxy) is 2. The zero-order valence-electron chi connectivity index (χ0n) is 16.6. The predicted molar refractivity (Wildman–Crippen MR) is 101 cm³/mol. The third-order valence-corrected chi connectivity index (χ3v) is 4.43. The Hall–Kier alpha value is -2.89. The maximum absolute atomic E-state index is 12.8. The number of carbonyl (C=O) groups is 3. The zero-order valence-corrected chi connectivity index (χ0v) is 16.6. The second-order valence-electron chi connectivity index (χ2n) is 6.58. The van der Waals surface area contributed by atoms with E-state index in [0.717, 1.165) is 11.1 Å². The summed E-state index contributed by atoms with van der Waals surface area (Å²) in [6.45, 7) is 10.5. The van der Waals surface area contributed by atoms with Gasteiger partial charge < -0.3 is 14.5 Å². The van der Waals surface area contributed by atoms with Crippen LogP contribution in [0.25, 0.3) is 0 Å². The molecule has 1 aromatic heterocycles. The lowest BCUT2D eigenvalue weighted by molar-refractivity contribution is 0.0316. The van der Waals surface area contributed by atoms with Gasteiger partial charge in [0.1, 0.15) is 0 Å². The van der Waals surface area contributed by atoms with Gasteiger partial charge in [0.15, 0.2) is 6.10 Å². The molecule has 6 nitrogen and oxygen atoms in total. The van der Waals surface area contributed by atoms with Crippen molar-refractivity contribution < 1.29 is 23.9 Å². The van der Waals surface area contributed by atoms with E-state index in [1.807, 2.05) is 26.0 Å². The number of benzene rings is 1. The molecule has 0 spiro atoms. The van der Waals surface area contributed by atoms with Crippen LogP contribution in [-0.2, 0) is 9.47 Å². The fourth-order valence-corrected chi connectivity index (χ4v) is 2.94. The van der Waals surface area contributed by atoms with Crippen LogP contribution < -0.4 is 0 Å². The summed E-state index contributed by atoms with van der Waals surface area (Å²) in [6.07, 6.45) is -0.996. The van der Waals surface area contributed by atoms with Crippen molar-refractivity contribution in [1.29, 1.82) is 0 Å². The van der Waals surface area contributed by atoms with Gasteiger partial charge in [-0.25, -0.2) is 9.59 Å². The Kier molecular flexibility index (Phi) is 6.20. The van der Waals surface area contributed by atoms with Crippen molar-refractivity contribution in [2.45, 2.75) is 47.6 Å². The van der Waals surface area contributed by atoms with Crippen molar-refractivity contribution in [3.63, 3.8) is 0 Å². The number of hydrogen-bond acceptors (Lipinski definition) is 5. The van der Waals surface area contributed by atoms with Crippen LogP contribution in [0.1, 0.15) is 67.4 Å². The molecule has 0 fully saturated rings. The third-order valence-electron chi connectivity index (χ3n) is 4.43. The Labute approximate surface area is 158 Å². The molecule has 0 radical (unpaired) electrons. The molecule has 1 atom stereocenters. The fourth-order valence-electron chi connectivity index (χ4n) is 2.94. The summed E-state index contributed by atoms with van der Waals surface area (Å²) in [5.41, 5.74) is 3.77. The molecule has 6 heteroatoms. The van der Waals surface area contributed by atoms with E-state index in [0.29, 0.717) is 22.4 Å². The Balaban J connectivity index is 2.23. The summed E-state index contributed by atoms with van der Waals surface area (Å²) in [5, 5.41) is 0. The third kappa shape index (κ3) is 4.27. The number of H-pyrrole nitrogens is 1. The van der Waals surface area contributed by atoms with Crippen LogP contribution in [0.15, 0.2) is 18.2 Å². The van der Waals surface area contributed by atoms with E-state index in [2.05, 4.69) is 4.98 Å². The van der Waals surface area contributed by atoms with Gasteiger partial charge in [-0.2, -0.15) is 0 Å². The van der Waals surface area contributed by atoms with Crippen LogP contribution in [0, 0.1) is 27.7 Å². The molecular formula is C21H25NO5. The Morgan fingerprint density at radius 3 is 2.37 bits per heavy atom. The number of aryl methyl sites for hydroxylation is 3. The van der Waals surface area contributed by atoms with Crippen LogP contribution in [0.3, 0.4) is 0 Å². The predicted octanol–water partition coefficient (Wildman–Crippen LogP) is 3.85. The van der Waals surface area contributed by atoms with Crippen LogP contribution in [0.2, 0.25) is 0 Å². The first-order valence-electron chi connectivity index (χ1n) is 8.86. The molecule has 0 saturated carbocycles. The molecule has 1 heterocycles. The summed E-state index contributed by atoms with van der Waals surface area (Å²) in [7, 11) is 0. The minimum absolute atomic E-state index is 0.246. The van der Waals surface area contributed by atoms with Gasteiger partial charge in [-0.3, -0.25) is 4.79 Å². The number of aromatic nitrogens is 1. The summed E-state index contributed by atoms with van der Waals surface area (Å²) in [6, 6.07) is 5.48. The largest absolute Gasteiger partial charge is 0.462 e. The summed E-state index contributed by atoms with van der Waals surface area (Å²) in [4.78, 5) is 40.2. The molecule has 1 aromatic carbocycles. The van der Waals surface area contributed by atoms with Gasteiger partial charge in [0.05, 0.1) is 23.4 Å². The highest BCUT2D eigenvalue weighted by molar-refractivity contribution is 6.04. The van der Waals surface area contributed by atoms with E-state index in [1.165, 1.54) is 6.92 Å². The molecule has 0 bridgehead atoms. The fraction of sp³-hybridized carbons (Fsp3) is 0.381. The van der Waals surface area contributed by atoms with Gasteiger partial charge in [0, 0.05) is 5.69 Å². The van der Waals surface area contributed by atoms with E-state index < -0.39 is 23.8 Å². The molecule has 0 aliphatic rings. The highest BCUT2D eigenvalue weighted by Gasteiger charge is 2.28. The number of rotatable bonds is 6. The van der Waals surface area contributed by atoms with Crippen molar-refractivity contribution in [1.82, 2.24) is 4.98 Å². The number of ketones is 1. The molecule has 2 rings (SSSR count). The van der Waals surface area contributed by atoms with Crippen LogP contribution in [0.5, 0.6) is 0 Å². The zero-order chi connectivity index (χ0) is 20.3. The first-order valence-corrected chi connectivity index (χ1v) is 8.86. The average molecular weight is 371 g/mol. The van der Waals surface area contributed by atoms with Crippen molar-refractivity contribution >= 4 is 17.7 Å². The highest BCUT2D eigenvalue weighted by Crippen LogP contribution is 2.21. The van der Waals surface area contributed by atoms with Gasteiger partial charge >= 0.3 is 11.9 Å². The number of Topliss-reactive ketones (excluding diaryl/α,β-unsaturated/α-hetero) is 1. The van der Waals surface area contributed by atoms with Gasteiger partial charge in [0.25, 0.3) is 0 Å². The highest BCUT2D eigenvalue weighted by atomic mass is 16.5. The quantitative estimate of drug-likeness (QED) is 0.616. The summed E-state index contributed by atoms with van der Waals surface area (Å²) >= 11 is 0. The second-order valence-corrected chi connectivity index (χ2v) is 6.58. The van der Waals surface area contributed by atoms with Crippen LogP contribution in [0.4, 0.5) is 0 Å². The Morgan fingerprint density at radius 2 is 1.74 bits per heavy atom. The smallest absolute Gasteiger partial charge is 0.340 e. The van der Waals surface area contributed by atoms with Gasteiger partial charge in [0.2, 0.25) is 5.78 Å². The van der Waals surface area contributed by atoms with Crippen molar-refractivity contribution in [2.24, 2.45) is 0 Å². The van der Waals surface area contributed by atoms with Crippen LogP contribution >= 0.6 is 0 Å². The SMILES string of the molecule is CCOC(=O)c1c(C)[nH]c(C(=O)[C@@H](C)OC(=O)c2cc(C)ccc2C)c1C. The maximum atomic E-state index is 12.8. The van der Waals surface area contributed by atoms with Gasteiger partial charge in [-0.05, 0) is 58.7 Å². The topological polar surface area (TPSA) is 85.5 Å². The standard InChI is InChI=1S/C21H25NO5/c1-7-26-21(25)17-13(4)18(22-14(17)5)19(23)15(6)27-20(24)16-10-11(2)8-9-12(16)3/h8-10,15,22H,7H2,1-6H3/t15-/m1/s1. The number of hydrogen-bond donors (Lipinski definition) is 1. The molecule has 0 aliphatic carbocycles. The molecule has 27 heavy (non-hydrogen) atoms. The minimum Gasteiger partial charge on any atom is -0.462 e. The first kappa shape index (κ1) is 20.4. The van der Waals surface area contributed by atoms with E-state index in [-0.39, 0.29) is 12.3 Å². The average Bonchev–Trinajstić information content (AvgIpc) is 2.90. The lowest BCUT2D eigenvalue weighted by Crippen LogP contribution is -2.25. The number of aromatic amines is 1. The molecule has 1 N–H and O–H groups in total. The number of nitrogens with one attached hydrogen (secondary N) is 1. The summed E-state index contributed by atoms with van der Waals surface area (Å²) in [5.74, 6) is -1.43. The maximum Gasteiger partial charge on any atom is 0.340 e. The molecule has 0 saturated heterocycles. The van der Waals surface area contributed by atoms with Gasteiger partial charge in [-0.15, -0.1) is 0 Å². The Bertz CT molecular complexity index is 894. The normalized spacial score (nSPS) is 11.8. The summed E-state index contributed by atoms with van der Waals surface area (Å²) < 4.78 is 10.4. The van der Waals surface area contributed by atoms with Crippen molar-refractivity contribution in [3.05, 3.63) is 57.4 Å². The molecule has 2 aromatic rings. The second kappa shape index (κ2) is 8.20. The van der Waals surface area contributed by atoms with Crippen molar-refractivity contribution in [3.8, 4) is 0 Å². The monoisotopic (exact) mass is 371 g/mol.